The highest BCUT2D eigenvalue weighted by atomic mass is 79.9. The molecule has 2 nitrogen and oxygen atoms in total. The van der Waals surface area contributed by atoms with E-state index in [1.807, 2.05) is 0 Å². The normalized spacial score (nSPS) is 12.0. The van der Waals surface area contributed by atoms with Gasteiger partial charge in [0.2, 0.25) is 0 Å². The van der Waals surface area contributed by atoms with Crippen molar-refractivity contribution in [2.24, 2.45) is 0 Å². The van der Waals surface area contributed by atoms with Gasteiger partial charge in [-0.05, 0) is 99.7 Å². The summed E-state index contributed by atoms with van der Waals surface area (Å²) in [4.78, 5) is 0. The van der Waals surface area contributed by atoms with E-state index in [0.717, 1.165) is 45.3 Å². The van der Waals surface area contributed by atoms with Crippen LogP contribution in [0.25, 0.3) is 0 Å². The van der Waals surface area contributed by atoms with E-state index in [1.165, 1.54) is 53.6 Å². The molecule has 0 heterocycles. The fraction of sp³-hybridized carbons (Fsp3) is 0.429. The number of benzene rings is 3. The minimum atomic E-state index is -1.83. The molecule has 39 heavy (non-hydrogen) atoms. The van der Waals surface area contributed by atoms with Gasteiger partial charge in [-0.15, -0.1) is 0 Å². The van der Waals surface area contributed by atoms with Crippen LogP contribution in [0, 0.1) is 0 Å². The smallest absolute Gasteiger partial charge is 0.181 e. The number of unbranched alkanes of at least 4 members (excludes halogenated alkanes) is 4. The molecular formula is C35H47BrO2P+. The van der Waals surface area contributed by atoms with Gasteiger partial charge in [-0.25, -0.2) is 0 Å². The van der Waals surface area contributed by atoms with Crippen molar-refractivity contribution in [2.75, 3.05) is 13.2 Å². The quantitative estimate of drug-likeness (QED) is 0.0583. The first-order valence-corrected chi connectivity index (χ1v) is 18.7. The van der Waals surface area contributed by atoms with Crippen molar-refractivity contribution in [3.8, 4) is 0 Å². The van der Waals surface area contributed by atoms with Gasteiger partial charge < -0.3 is 9.47 Å². The highest BCUT2D eigenvalue weighted by molar-refractivity contribution is 9.44. The molecule has 0 radical (unpaired) electrons. The summed E-state index contributed by atoms with van der Waals surface area (Å²) >= 11 is 4.25. The minimum absolute atomic E-state index is 0.0148. The molecule has 0 aliphatic carbocycles. The van der Waals surface area contributed by atoms with Crippen molar-refractivity contribution in [1.82, 2.24) is 0 Å². The van der Waals surface area contributed by atoms with Crippen LogP contribution in [0.5, 0.6) is 0 Å². The number of allylic oxidation sites excluding steroid dienone is 2. The van der Waals surface area contributed by atoms with Gasteiger partial charge in [0.1, 0.15) is 15.9 Å². The largest absolute Gasteiger partial charge is 0.353 e. The molecule has 210 valence electrons. The molecule has 0 saturated heterocycles. The topological polar surface area (TPSA) is 18.5 Å². The third kappa shape index (κ3) is 10.6. The van der Waals surface area contributed by atoms with Gasteiger partial charge in [0.05, 0.1) is 0 Å². The molecule has 0 spiro atoms. The lowest BCUT2D eigenvalue weighted by atomic mass is 10.1. The van der Waals surface area contributed by atoms with E-state index < -0.39 is 5.96 Å². The fourth-order valence-electron chi connectivity index (χ4n) is 4.71. The maximum Gasteiger partial charge on any atom is 0.181 e. The molecule has 0 aromatic heterocycles. The number of halogens is 1. The maximum absolute atomic E-state index is 5.83. The summed E-state index contributed by atoms with van der Waals surface area (Å²) in [5, 5.41) is 4.07. The van der Waals surface area contributed by atoms with E-state index in [0.29, 0.717) is 0 Å². The van der Waals surface area contributed by atoms with Crippen LogP contribution in [0.3, 0.4) is 0 Å². The number of rotatable bonds is 19. The zero-order valence-corrected chi connectivity index (χ0v) is 26.4. The number of ether oxygens (including phenoxy) is 2. The van der Waals surface area contributed by atoms with Crippen molar-refractivity contribution < 1.29 is 9.47 Å². The Morgan fingerprint density at radius 1 is 0.641 bits per heavy atom. The summed E-state index contributed by atoms with van der Waals surface area (Å²) in [5.41, 5.74) is 1.41. The highest BCUT2D eigenvalue weighted by Crippen LogP contribution is 2.62. The predicted octanol–water partition coefficient (Wildman–Crippen LogP) is 9.30. The van der Waals surface area contributed by atoms with Crippen molar-refractivity contribution in [2.45, 2.75) is 84.3 Å². The van der Waals surface area contributed by atoms with Gasteiger partial charge in [-0.2, -0.15) is 0 Å². The zero-order valence-electron chi connectivity index (χ0n) is 23.9. The van der Waals surface area contributed by atoms with Crippen LogP contribution in [0.1, 0.15) is 77.2 Å². The first kappa shape index (κ1) is 31.8. The van der Waals surface area contributed by atoms with Gasteiger partial charge >= 0.3 is 0 Å². The molecule has 0 N–H and O–H groups in total. The first-order chi connectivity index (χ1) is 19.2. The van der Waals surface area contributed by atoms with E-state index >= 15 is 0 Å². The van der Waals surface area contributed by atoms with Gasteiger partial charge in [-0.3, -0.25) is 0 Å². The number of hydrogen-bond donors (Lipinski definition) is 0. The lowest BCUT2D eigenvalue weighted by molar-refractivity contribution is -0.146. The van der Waals surface area contributed by atoms with Gasteiger partial charge in [-0.1, -0.05) is 81.0 Å². The monoisotopic (exact) mass is 609 g/mol. The summed E-state index contributed by atoms with van der Waals surface area (Å²) in [6.07, 6.45) is 16.1. The second kappa shape index (κ2) is 18.6. The van der Waals surface area contributed by atoms with Gasteiger partial charge in [0.15, 0.2) is 27.7 Å². The first-order valence-electron chi connectivity index (χ1n) is 14.9. The van der Waals surface area contributed by atoms with Crippen LogP contribution in [0.15, 0.2) is 97.1 Å². The van der Waals surface area contributed by atoms with Crippen LogP contribution in [0.4, 0.5) is 0 Å². The van der Waals surface area contributed by atoms with Crippen molar-refractivity contribution in [1.29, 1.82) is 0 Å². The van der Waals surface area contributed by atoms with Crippen molar-refractivity contribution in [3.05, 3.63) is 103 Å². The lowest BCUT2D eigenvalue weighted by Gasteiger charge is -2.20. The lowest BCUT2D eigenvalue weighted by Crippen LogP contribution is -2.26. The molecule has 4 heteroatoms. The van der Waals surface area contributed by atoms with Crippen LogP contribution in [-0.4, -0.2) is 19.5 Å². The molecule has 3 rings (SSSR count). The Balaban J connectivity index is 1.40. The molecule has 0 aliphatic rings. The molecule has 0 fully saturated rings. The molecule has 0 aliphatic heterocycles. The van der Waals surface area contributed by atoms with Gasteiger partial charge in [0, 0.05) is 13.2 Å². The summed E-state index contributed by atoms with van der Waals surface area (Å²) in [6, 6.07) is 31.0. The van der Waals surface area contributed by atoms with E-state index in [-0.39, 0.29) is 6.29 Å². The van der Waals surface area contributed by atoms with Crippen LogP contribution in [-0.2, 0) is 15.9 Å². The molecule has 0 unspecified atom stereocenters. The Morgan fingerprint density at radius 3 is 1.69 bits per heavy atom. The fourth-order valence-corrected chi connectivity index (χ4v) is 9.45. The summed E-state index contributed by atoms with van der Waals surface area (Å²) in [7, 11) is 0. The molecular weight excluding hydrogens is 563 g/mol. The molecule has 0 amide bonds. The Labute approximate surface area is 246 Å². The molecule has 0 bridgehead atoms. The summed E-state index contributed by atoms with van der Waals surface area (Å²) < 4.78 is 11.7. The Kier molecular flexibility index (Phi) is 15.1. The Morgan fingerprint density at radius 2 is 1.15 bits per heavy atom. The summed E-state index contributed by atoms with van der Waals surface area (Å²) in [5.74, 6) is -1.83. The third-order valence-electron chi connectivity index (χ3n) is 6.85. The molecule has 3 aromatic rings. The van der Waals surface area contributed by atoms with Gasteiger partial charge in [0.25, 0.3) is 0 Å². The van der Waals surface area contributed by atoms with E-state index in [4.69, 9.17) is 9.47 Å². The average molecular weight is 611 g/mol. The third-order valence-corrected chi connectivity index (χ3v) is 13.6. The maximum atomic E-state index is 5.83. The number of aryl methyl sites for hydroxylation is 1. The van der Waals surface area contributed by atoms with E-state index in [1.54, 1.807) is 0 Å². The highest BCUT2D eigenvalue weighted by Gasteiger charge is 2.43. The van der Waals surface area contributed by atoms with E-state index in [2.05, 4.69) is 126 Å². The zero-order chi connectivity index (χ0) is 27.6. The Hall–Kier alpha value is -1.77. The number of hydrogen-bond acceptors (Lipinski definition) is 2. The van der Waals surface area contributed by atoms with Crippen LogP contribution in [0.2, 0.25) is 0 Å². The standard InChI is InChI=1S/C35H47BrO2P/c1-3-29-37-35(38-30-4-2)24-18-10-8-6-5-7-9-13-19-31-25-27-34(28-26-31)39(36,32-20-14-11-15-21-32)33-22-16-12-17-23-33/h5,7,11-12,14-17,20-23,25-28,35H,3-4,6,8-10,13,18-19,24,29-30H2,1-2H3/q+1/b7-5-. The predicted molar refractivity (Wildman–Crippen MR) is 176 cm³/mol. The van der Waals surface area contributed by atoms with E-state index in [9.17, 15) is 0 Å². The molecule has 3 aromatic carbocycles. The average Bonchev–Trinajstić information content (AvgIpc) is 2.99. The van der Waals surface area contributed by atoms with Crippen molar-refractivity contribution >= 4 is 37.4 Å². The van der Waals surface area contributed by atoms with Crippen LogP contribution >= 0.6 is 21.5 Å². The summed E-state index contributed by atoms with van der Waals surface area (Å²) in [6.45, 7) is 5.88. The molecule has 0 saturated carbocycles. The van der Waals surface area contributed by atoms with Crippen molar-refractivity contribution in [3.63, 3.8) is 0 Å². The second-order valence-electron chi connectivity index (χ2n) is 10.1. The Bertz CT molecular complexity index is 1010. The minimum Gasteiger partial charge on any atom is -0.353 e. The second-order valence-corrected chi connectivity index (χ2v) is 16.0. The van der Waals surface area contributed by atoms with Crippen LogP contribution < -0.4 is 15.9 Å². The SMILES string of the molecule is CCCOC(CCCCC/C=C\CCCc1ccc([P+](Br)(c2ccccc2)c2ccccc2)cc1)OCCC. The molecule has 0 atom stereocenters.